The van der Waals surface area contributed by atoms with Crippen LogP contribution in [0.3, 0.4) is 0 Å². The molecule has 8 heteroatoms. The van der Waals surface area contributed by atoms with Crippen molar-refractivity contribution in [1.29, 1.82) is 0 Å². The summed E-state index contributed by atoms with van der Waals surface area (Å²) in [5.74, 6) is -2.82. The Hall–Kier alpha value is -1.70. The highest BCUT2D eigenvalue weighted by atomic mass is 79.9. The fourth-order valence-corrected chi connectivity index (χ4v) is 2.99. The molecule has 1 saturated carbocycles. The third-order valence-corrected chi connectivity index (χ3v) is 4.28. The summed E-state index contributed by atoms with van der Waals surface area (Å²) in [7, 11) is 0. The fraction of sp³-hybridized carbons (Fsp3) is 0.429. The van der Waals surface area contributed by atoms with Gasteiger partial charge in [-0.1, -0.05) is 0 Å². The zero-order valence-corrected chi connectivity index (χ0v) is 13.1. The standard InChI is InChI=1S/C14H15BrF2N2O3/c15-10-5-8(16)6-11(17)12(10)19-14(22)18-9-3-1-7(2-4-9)13(20)21/h5-7,9H,1-4H2,(H,20,21)(H2,18,19,22). The van der Waals surface area contributed by atoms with Gasteiger partial charge in [0.2, 0.25) is 0 Å². The Kier molecular flexibility index (Phi) is 5.33. The molecule has 1 aromatic carbocycles. The molecule has 0 aliphatic heterocycles. The highest BCUT2D eigenvalue weighted by Crippen LogP contribution is 2.27. The maximum atomic E-state index is 13.6. The van der Waals surface area contributed by atoms with Crippen molar-refractivity contribution >= 4 is 33.6 Å². The van der Waals surface area contributed by atoms with Crippen LogP contribution < -0.4 is 10.6 Å². The number of nitrogens with one attached hydrogen (secondary N) is 2. The molecule has 0 heterocycles. The summed E-state index contributed by atoms with van der Waals surface area (Å²) in [4.78, 5) is 22.7. The van der Waals surface area contributed by atoms with E-state index in [0.29, 0.717) is 31.7 Å². The number of halogens is 3. The number of hydrogen-bond donors (Lipinski definition) is 3. The van der Waals surface area contributed by atoms with E-state index < -0.39 is 23.6 Å². The van der Waals surface area contributed by atoms with Gasteiger partial charge in [0.15, 0.2) is 5.82 Å². The van der Waals surface area contributed by atoms with E-state index in [0.717, 1.165) is 6.07 Å². The molecule has 120 valence electrons. The lowest BCUT2D eigenvalue weighted by Gasteiger charge is -2.26. The van der Waals surface area contributed by atoms with Crippen LogP contribution >= 0.6 is 15.9 Å². The quantitative estimate of drug-likeness (QED) is 0.755. The van der Waals surface area contributed by atoms with Crippen LogP contribution in [0.1, 0.15) is 25.7 Å². The van der Waals surface area contributed by atoms with E-state index in [1.165, 1.54) is 0 Å². The second kappa shape index (κ2) is 7.04. The van der Waals surface area contributed by atoms with Crippen molar-refractivity contribution < 1.29 is 23.5 Å². The predicted molar refractivity (Wildman–Crippen MR) is 79.6 cm³/mol. The van der Waals surface area contributed by atoms with E-state index in [2.05, 4.69) is 26.6 Å². The minimum atomic E-state index is -0.878. The van der Waals surface area contributed by atoms with Gasteiger partial charge in [-0.25, -0.2) is 13.6 Å². The van der Waals surface area contributed by atoms with Crippen molar-refractivity contribution in [3.05, 3.63) is 28.2 Å². The smallest absolute Gasteiger partial charge is 0.319 e. The van der Waals surface area contributed by atoms with Crippen LogP contribution in [0.15, 0.2) is 16.6 Å². The molecule has 0 atom stereocenters. The maximum absolute atomic E-state index is 13.6. The number of carbonyl (C=O) groups excluding carboxylic acids is 1. The Morgan fingerprint density at radius 1 is 1.18 bits per heavy atom. The third kappa shape index (κ3) is 4.16. The van der Waals surface area contributed by atoms with E-state index in [4.69, 9.17) is 5.11 Å². The molecule has 0 bridgehead atoms. The van der Waals surface area contributed by atoms with Gasteiger partial charge in [0, 0.05) is 16.6 Å². The number of amides is 2. The lowest BCUT2D eigenvalue weighted by atomic mass is 9.86. The van der Waals surface area contributed by atoms with Gasteiger partial charge in [0.25, 0.3) is 0 Å². The molecule has 0 unspecified atom stereocenters. The number of aliphatic carboxylic acids is 1. The van der Waals surface area contributed by atoms with Gasteiger partial charge >= 0.3 is 12.0 Å². The maximum Gasteiger partial charge on any atom is 0.319 e. The summed E-state index contributed by atoms with van der Waals surface area (Å²) in [6.07, 6.45) is 2.10. The monoisotopic (exact) mass is 376 g/mol. The molecule has 22 heavy (non-hydrogen) atoms. The summed E-state index contributed by atoms with van der Waals surface area (Å²) < 4.78 is 26.7. The highest BCUT2D eigenvalue weighted by Gasteiger charge is 2.27. The lowest BCUT2D eigenvalue weighted by Crippen LogP contribution is -2.41. The first-order chi connectivity index (χ1) is 10.4. The zero-order chi connectivity index (χ0) is 16.3. The molecule has 0 saturated heterocycles. The molecule has 3 N–H and O–H groups in total. The second-order valence-corrected chi connectivity index (χ2v) is 6.08. The topological polar surface area (TPSA) is 78.4 Å². The predicted octanol–water partition coefficient (Wildman–Crippen LogP) is 3.49. The van der Waals surface area contributed by atoms with Gasteiger partial charge < -0.3 is 15.7 Å². The van der Waals surface area contributed by atoms with Crippen LogP contribution in [0.25, 0.3) is 0 Å². The lowest BCUT2D eigenvalue weighted by molar-refractivity contribution is -0.142. The summed E-state index contributed by atoms with van der Waals surface area (Å²) in [5, 5.41) is 13.9. The first-order valence-corrected chi connectivity index (χ1v) is 7.61. The van der Waals surface area contributed by atoms with E-state index in [1.54, 1.807) is 0 Å². The number of hydrogen-bond acceptors (Lipinski definition) is 2. The van der Waals surface area contributed by atoms with Crippen LogP contribution in [-0.4, -0.2) is 23.1 Å². The van der Waals surface area contributed by atoms with Gasteiger partial charge in [-0.15, -0.1) is 0 Å². The minimum Gasteiger partial charge on any atom is -0.481 e. The Labute approximate surface area is 134 Å². The Morgan fingerprint density at radius 2 is 1.82 bits per heavy atom. The van der Waals surface area contributed by atoms with Gasteiger partial charge in [0.05, 0.1) is 11.6 Å². The second-order valence-electron chi connectivity index (χ2n) is 5.23. The van der Waals surface area contributed by atoms with Crippen molar-refractivity contribution in [2.45, 2.75) is 31.7 Å². The molecule has 0 spiro atoms. The van der Waals surface area contributed by atoms with Gasteiger partial charge in [-0.2, -0.15) is 0 Å². The summed E-state index contributed by atoms with van der Waals surface area (Å²) in [6.45, 7) is 0. The van der Waals surface area contributed by atoms with E-state index in [9.17, 15) is 18.4 Å². The Balaban J connectivity index is 1.90. The van der Waals surface area contributed by atoms with Crippen molar-refractivity contribution in [3.63, 3.8) is 0 Å². The normalized spacial score (nSPS) is 21.2. The van der Waals surface area contributed by atoms with E-state index in [1.807, 2.05) is 0 Å². The minimum absolute atomic E-state index is 0.106. The molecule has 0 radical (unpaired) electrons. The highest BCUT2D eigenvalue weighted by molar-refractivity contribution is 9.10. The number of urea groups is 1. The molecule has 1 aliphatic rings. The zero-order valence-electron chi connectivity index (χ0n) is 11.5. The van der Waals surface area contributed by atoms with Crippen molar-refractivity contribution in [2.24, 2.45) is 5.92 Å². The average molecular weight is 377 g/mol. The molecule has 1 aromatic rings. The van der Waals surface area contributed by atoms with E-state index in [-0.39, 0.29) is 22.1 Å². The van der Waals surface area contributed by atoms with Gasteiger partial charge in [-0.05, 0) is 47.7 Å². The van der Waals surface area contributed by atoms with Crippen LogP contribution in [0.4, 0.5) is 19.3 Å². The van der Waals surface area contributed by atoms with Crippen molar-refractivity contribution in [3.8, 4) is 0 Å². The molecule has 5 nitrogen and oxygen atoms in total. The summed E-state index contributed by atoms with van der Waals surface area (Å²) >= 11 is 2.99. The molecule has 0 aromatic heterocycles. The third-order valence-electron chi connectivity index (χ3n) is 3.66. The van der Waals surface area contributed by atoms with Crippen LogP contribution in [0.5, 0.6) is 0 Å². The average Bonchev–Trinajstić information content (AvgIpc) is 2.43. The molecule has 1 aliphatic carbocycles. The van der Waals surface area contributed by atoms with Crippen LogP contribution in [0, 0.1) is 17.6 Å². The number of carbonyl (C=O) groups is 2. The summed E-state index contributed by atoms with van der Waals surface area (Å²) in [5.41, 5.74) is -0.141. The number of benzene rings is 1. The Morgan fingerprint density at radius 3 is 2.36 bits per heavy atom. The first-order valence-electron chi connectivity index (χ1n) is 6.81. The van der Waals surface area contributed by atoms with Crippen LogP contribution in [0.2, 0.25) is 0 Å². The largest absolute Gasteiger partial charge is 0.481 e. The first kappa shape index (κ1) is 16.7. The number of carboxylic acids is 1. The van der Waals surface area contributed by atoms with Crippen molar-refractivity contribution in [1.82, 2.24) is 5.32 Å². The van der Waals surface area contributed by atoms with Crippen LogP contribution in [-0.2, 0) is 4.79 Å². The molecular formula is C14H15BrF2N2O3. The van der Waals surface area contributed by atoms with Gasteiger partial charge in [0.1, 0.15) is 5.82 Å². The molecule has 2 rings (SSSR count). The SMILES string of the molecule is O=C(Nc1c(F)cc(F)cc1Br)NC1CCC(C(=O)O)CC1. The van der Waals surface area contributed by atoms with Crippen molar-refractivity contribution in [2.75, 3.05) is 5.32 Å². The molecular weight excluding hydrogens is 362 g/mol. The number of anilines is 1. The molecule has 2 amide bonds. The van der Waals surface area contributed by atoms with Gasteiger partial charge in [-0.3, -0.25) is 4.79 Å². The fourth-order valence-electron chi connectivity index (χ4n) is 2.48. The Bertz CT molecular complexity index is 566. The summed E-state index contributed by atoms with van der Waals surface area (Å²) in [6, 6.07) is 0.970. The molecule has 1 fully saturated rings. The number of rotatable bonds is 3. The van der Waals surface area contributed by atoms with E-state index >= 15 is 0 Å². The number of carboxylic acid groups (broad SMARTS) is 1.